The van der Waals surface area contributed by atoms with Crippen LogP contribution in [0.2, 0.25) is 5.02 Å². The van der Waals surface area contributed by atoms with Crippen molar-refractivity contribution in [1.82, 2.24) is 14.7 Å². The Labute approximate surface area is 175 Å². The lowest BCUT2D eigenvalue weighted by Crippen LogP contribution is -2.22. The number of aromatic nitrogens is 2. The molecular weight excluding hydrogens is 388 g/mol. The predicted octanol–water partition coefficient (Wildman–Crippen LogP) is 4.10. The second-order valence-electron chi connectivity index (χ2n) is 6.85. The first-order chi connectivity index (χ1) is 13.9. The van der Waals surface area contributed by atoms with Gasteiger partial charge in [-0.05, 0) is 30.2 Å². The van der Waals surface area contributed by atoms with Gasteiger partial charge in [0.25, 0.3) is 11.8 Å². The number of hydrogen-bond acceptors (Lipinski definition) is 3. The standard InChI is InChI=1S/C22H23ClN4O2/c1-4-20-18(13-24-27(20)14-15-8-6-5-7-9-15)21(28)25-16-10-11-19(23)17(12-16)22(29)26(2)3/h5-13H,4,14H2,1-3H3,(H,25,28). The number of hydrogen-bond donors (Lipinski definition) is 1. The Morgan fingerprint density at radius 3 is 2.48 bits per heavy atom. The summed E-state index contributed by atoms with van der Waals surface area (Å²) in [6.07, 6.45) is 2.25. The van der Waals surface area contributed by atoms with E-state index in [2.05, 4.69) is 10.4 Å². The topological polar surface area (TPSA) is 67.2 Å². The van der Waals surface area contributed by atoms with E-state index < -0.39 is 0 Å². The smallest absolute Gasteiger partial charge is 0.259 e. The van der Waals surface area contributed by atoms with Gasteiger partial charge in [0.15, 0.2) is 0 Å². The number of carbonyl (C=O) groups is 2. The number of amides is 2. The Hall–Kier alpha value is -3.12. The minimum Gasteiger partial charge on any atom is -0.345 e. The molecule has 29 heavy (non-hydrogen) atoms. The monoisotopic (exact) mass is 410 g/mol. The maximum atomic E-state index is 12.9. The highest BCUT2D eigenvalue weighted by Gasteiger charge is 2.18. The van der Waals surface area contributed by atoms with Crippen molar-refractivity contribution in [3.63, 3.8) is 0 Å². The van der Waals surface area contributed by atoms with E-state index in [0.717, 1.165) is 11.3 Å². The minimum absolute atomic E-state index is 0.226. The van der Waals surface area contributed by atoms with E-state index in [1.54, 1.807) is 38.5 Å². The molecule has 1 aromatic heterocycles. The quantitative estimate of drug-likeness (QED) is 0.665. The summed E-state index contributed by atoms with van der Waals surface area (Å²) in [5, 5.41) is 7.59. The average Bonchev–Trinajstić information content (AvgIpc) is 3.12. The molecule has 3 aromatic rings. The van der Waals surface area contributed by atoms with E-state index in [1.165, 1.54) is 4.90 Å². The van der Waals surface area contributed by atoms with Crippen LogP contribution >= 0.6 is 11.6 Å². The maximum Gasteiger partial charge on any atom is 0.259 e. The molecule has 0 unspecified atom stereocenters. The van der Waals surface area contributed by atoms with E-state index in [9.17, 15) is 9.59 Å². The van der Waals surface area contributed by atoms with E-state index >= 15 is 0 Å². The van der Waals surface area contributed by atoms with Crippen LogP contribution in [-0.2, 0) is 13.0 Å². The second kappa shape index (κ2) is 8.92. The van der Waals surface area contributed by atoms with Crippen molar-refractivity contribution in [3.05, 3.63) is 82.1 Å². The normalized spacial score (nSPS) is 10.6. The summed E-state index contributed by atoms with van der Waals surface area (Å²) in [6.45, 7) is 2.59. The third-order valence-corrected chi connectivity index (χ3v) is 4.89. The molecule has 0 atom stereocenters. The molecule has 2 amide bonds. The van der Waals surface area contributed by atoms with Crippen LogP contribution in [0.5, 0.6) is 0 Å². The lowest BCUT2D eigenvalue weighted by atomic mass is 10.1. The van der Waals surface area contributed by atoms with Crippen LogP contribution in [-0.4, -0.2) is 40.6 Å². The molecule has 2 aromatic carbocycles. The summed E-state index contributed by atoms with van der Waals surface area (Å²) in [6, 6.07) is 14.8. The molecule has 0 saturated heterocycles. The van der Waals surface area contributed by atoms with Gasteiger partial charge < -0.3 is 10.2 Å². The summed E-state index contributed by atoms with van der Waals surface area (Å²) >= 11 is 6.14. The van der Waals surface area contributed by atoms with Crippen LogP contribution in [0, 0.1) is 0 Å². The fraction of sp³-hybridized carbons (Fsp3) is 0.227. The van der Waals surface area contributed by atoms with Crippen molar-refractivity contribution >= 4 is 29.1 Å². The lowest BCUT2D eigenvalue weighted by molar-refractivity contribution is 0.0827. The fourth-order valence-corrected chi connectivity index (χ4v) is 3.27. The summed E-state index contributed by atoms with van der Waals surface area (Å²) in [5.74, 6) is -0.497. The molecule has 150 valence electrons. The molecule has 1 N–H and O–H groups in total. The van der Waals surface area contributed by atoms with Crippen molar-refractivity contribution in [2.24, 2.45) is 0 Å². The van der Waals surface area contributed by atoms with Crippen LogP contribution in [0.1, 0.15) is 38.9 Å². The predicted molar refractivity (Wildman–Crippen MR) is 115 cm³/mol. The Morgan fingerprint density at radius 1 is 1.10 bits per heavy atom. The molecule has 7 heteroatoms. The summed E-state index contributed by atoms with van der Waals surface area (Å²) in [5.41, 5.74) is 3.32. The first-order valence-corrected chi connectivity index (χ1v) is 9.69. The first kappa shape index (κ1) is 20.6. The SMILES string of the molecule is CCc1c(C(=O)Nc2ccc(Cl)c(C(=O)N(C)C)c2)cnn1Cc1ccccc1. The van der Waals surface area contributed by atoms with Gasteiger partial charge in [0.1, 0.15) is 0 Å². The highest BCUT2D eigenvalue weighted by atomic mass is 35.5. The van der Waals surface area contributed by atoms with E-state index in [1.807, 2.05) is 41.9 Å². The molecule has 1 heterocycles. The van der Waals surface area contributed by atoms with Crippen molar-refractivity contribution in [2.45, 2.75) is 19.9 Å². The Morgan fingerprint density at radius 2 is 1.83 bits per heavy atom. The Kier molecular flexibility index (Phi) is 6.34. The highest BCUT2D eigenvalue weighted by molar-refractivity contribution is 6.34. The molecule has 6 nitrogen and oxygen atoms in total. The molecule has 0 aliphatic carbocycles. The number of benzene rings is 2. The largest absolute Gasteiger partial charge is 0.345 e. The lowest BCUT2D eigenvalue weighted by Gasteiger charge is -2.13. The van der Waals surface area contributed by atoms with Crippen molar-refractivity contribution < 1.29 is 9.59 Å². The summed E-state index contributed by atoms with van der Waals surface area (Å²) in [7, 11) is 3.30. The Bertz CT molecular complexity index is 1030. The van der Waals surface area contributed by atoms with Crippen LogP contribution < -0.4 is 5.32 Å². The molecule has 0 saturated carbocycles. The molecule has 0 radical (unpaired) electrons. The fourth-order valence-electron chi connectivity index (χ4n) is 3.07. The number of halogens is 1. The third-order valence-electron chi connectivity index (χ3n) is 4.56. The number of anilines is 1. The Balaban J connectivity index is 1.83. The van der Waals surface area contributed by atoms with Gasteiger partial charge >= 0.3 is 0 Å². The highest BCUT2D eigenvalue weighted by Crippen LogP contribution is 2.23. The molecule has 0 fully saturated rings. The van der Waals surface area contributed by atoms with Gasteiger partial charge in [0, 0.05) is 19.8 Å². The van der Waals surface area contributed by atoms with Gasteiger partial charge in [0.2, 0.25) is 0 Å². The zero-order chi connectivity index (χ0) is 21.0. The van der Waals surface area contributed by atoms with Crippen molar-refractivity contribution in [2.75, 3.05) is 19.4 Å². The van der Waals surface area contributed by atoms with Crippen LogP contribution in [0.3, 0.4) is 0 Å². The first-order valence-electron chi connectivity index (χ1n) is 9.31. The number of carbonyl (C=O) groups excluding carboxylic acids is 2. The zero-order valence-electron chi connectivity index (χ0n) is 16.6. The van der Waals surface area contributed by atoms with Crippen LogP contribution in [0.4, 0.5) is 5.69 Å². The van der Waals surface area contributed by atoms with Gasteiger partial charge in [-0.15, -0.1) is 0 Å². The van der Waals surface area contributed by atoms with E-state index in [-0.39, 0.29) is 11.8 Å². The third kappa shape index (κ3) is 4.66. The number of nitrogens with zero attached hydrogens (tertiary/aromatic N) is 3. The molecule has 0 bridgehead atoms. The summed E-state index contributed by atoms with van der Waals surface area (Å²) in [4.78, 5) is 26.6. The van der Waals surface area contributed by atoms with Crippen molar-refractivity contribution in [3.8, 4) is 0 Å². The second-order valence-corrected chi connectivity index (χ2v) is 7.26. The van der Waals surface area contributed by atoms with Gasteiger partial charge in [0.05, 0.1) is 34.6 Å². The summed E-state index contributed by atoms with van der Waals surface area (Å²) < 4.78 is 1.84. The van der Waals surface area contributed by atoms with Crippen LogP contribution in [0.25, 0.3) is 0 Å². The van der Waals surface area contributed by atoms with E-state index in [0.29, 0.717) is 34.8 Å². The van der Waals surface area contributed by atoms with Gasteiger partial charge in [-0.1, -0.05) is 48.9 Å². The van der Waals surface area contributed by atoms with Crippen molar-refractivity contribution in [1.29, 1.82) is 0 Å². The van der Waals surface area contributed by atoms with E-state index in [4.69, 9.17) is 11.6 Å². The van der Waals surface area contributed by atoms with Gasteiger partial charge in [-0.2, -0.15) is 5.10 Å². The van der Waals surface area contributed by atoms with Crippen LogP contribution in [0.15, 0.2) is 54.7 Å². The number of rotatable bonds is 6. The molecule has 3 rings (SSSR count). The minimum atomic E-state index is -0.272. The average molecular weight is 411 g/mol. The molecule has 0 spiro atoms. The number of nitrogens with one attached hydrogen (secondary N) is 1. The zero-order valence-corrected chi connectivity index (χ0v) is 17.4. The maximum absolute atomic E-state index is 12.9. The van der Waals surface area contributed by atoms with Gasteiger partial charge in [-0.3, -0.25) is 14.3 Å². The van der Waals surface area contributed by atoms with Gasteiger partial charge in [-0.25, -0.2) is 0 Å². The molecular formula is C22H23ClN4O2. The molecule has 0 aliphatic heterocycles. The molecule has 0 aliphatic rings.